The van der Waals surface area contributed by atoms with Gasteiger partial charge in [-0.1, -0.05) is 24.6 Å². The zero-order valence-electron chi connectivity index (χ0n) is 10.4. The number of rotatable bonds is 5. The van der Waals surface area contributed by atoms with Crippen LogP contribution in [0.4, 0.5) is 0 Å². The van der Waals surface area contributed by atoms with E-state index in [2.05, 4.69) is 12.2 Å². The zero-order valence-corrected chi connectivity index (χ0v) is 11.2. The normalized spacial score (nSPS) is 12.4. The van der Waals surface area contributed by atoms with Crippen LogP contribution in [0.5, 0.6) is 5.75 Å². The van der Waals surface area contributed by atoms with Gasteiger partial charge in [0.2, 0.25) is 0 Å². The molecule has 0 saturated heterocycles. The molecule has 1 N–H and O–H groups in total. The minimum absolute atomic E-state index is 0.0426. The van der Waals surface area contributed by atoms with E-state index in [0.717, 1.165) is 23.4 Å². The number of halogens is 1. The largest absolute Gasteiger partial charge is 0.496 e. The molecule has 0 aliphatic carbocycles. The molecule has 3 nitrogen and oxygen atoms in total. The number of hydrogen-bond donors (Lipinski definition) is 1. The first-order valence-corrected chi connectivity index (χ1v) is 6.23. The standard InChI is InChI=1S/C14H16ClNO2/c1-3-16-14(10-6-7-18-9-10)12-5-4-11(15)8-13(12)17-2/h4-9,14,16H,3H2,1-2H3. The molecule has 1 atom stereocenters. The first-order valence-electron chi connectivity index (χ1n) is 5.85. The predicted molar refractivity (Wildman–Crippen MR) is 72.2 cm³/mol. The van der Waals surface area contributed by atoms with Crippen LogP contribution < -0.4 is 10.1 Å². The van der Waals surface area contributed by atoms with E-state index in [1.165, 1.54) is 0 Å². The van der Waals surface area contributed by atoms with Crippen molar-refractivity contribution in [2.75, 3.05) is 13.7 Å². The third-order valence-corrected chi connectivity index (χ3v) is 3.03. The molecule has 2 rings (SSSR count). The second-order valence-corrected chi connectivity index (χ2v) is 4.37. The highest BCUT2D eigenvalue weighted by molar-refractivity contribution is 6.30. The summed E-state index contributed by atoms with van der Waals surface area (Å²) in [5, 5.41) is 4.08. The van der Waals surface area contributed by atoms with Crippen LogP contribution in [-0.4, -0.2) is 13.7 Å². The summed E-state index contributed by atoms with van der Waals surface area (Å²) >= 11 is 5.98. The lowest BCUT2D eigenvalue weighted by atomic mass is 10.00. The molecular weight excluding hydrogens is 250 g/mol. The third-order valence-electron chi connectivity index (χ3n) is 2.79. The lowest BCUT2D eigenvalue weighted by molar-refractivity contribution is 0.404. The second kappa shape index (κ2) is 5.94. The van der Waals surface area contributed by atoms with Crippen LogP contribution in [0, 0.1) is 0 Å². The Morgan fingerprint density at radius 2 is 2.22 bits per heavy atom. The van der Waals surface area contributed by atoms with Crippen LogP contribution >= 0.6 is 11.6 Å². The second-order valence-electron chi connectivity index (χ2n) is 3.93. The van der Waals surface area contributed by atoms with Gasteiger partial charge in [0.25, 0.3) is 0 Å². The van der Waals surface area contributed by atoms with Crippen molar-refractivity contribution < 1.29 is 9.15 Å². The van der Waals surface area contributed by atoms with Crippen molar-refractivity contribution >= 4 is 11.6 Å². The molecule has 18 heavy (non-hydrogen) atoms. The lowest BCUT2D eigenvalue weighted by Gasteiger charge is -2.19. The molecule has 0 aliphatic heterocycles. The minimum Gasteiger partial charge on any atom is -0.496 e. The molecule has 1 unspecified atom stereocenters. The summed E-state index contributed by atoms with van der Waals surface area (Å²) < 4.78 is 10.6. The van der Waals surface area contributed by atoms with E-state index in [-0.39, 0.29) is 6.04 Å². The van der Waals surface area contributed by atoms with Crippen molar-refractivity contribution in [2.24, 2.45) is 0 Å². The van der Waals surface area contributed by atoms with Crippen LogP contribution in [0.25, 0.3) is 0 Å². The summed E-state index contributed by atoms with van der Waals surface area (Å²) in [6.45, 7) is 2.91. The van der Waals surface area contributed by atoms with Crippen molar-refractivity contribution in [3.05, 3.63) is 52.9 Å². The van der Waals surface area contributed by atoms with Gasteiger partial charge in [-0.3, -0.25) is 0 Å². The summed E-state index contributed by atoms with van der Waals surface area (Å²) in [7, 11) is 1.65. The van der Waals surface area contributed by atoms with Gasteiger partial charge in [0.05, 0.1) is 25.7 Å². The molecule has 1 aromatic heterocycles. The monoisotopic (exact) mass is 265 g/mol. The molecule has 96 valence electrons. The predicted octanol–water partition coefficient (Wildman–Crippen LogP) is 3.64. The molecule has 0 saturated carbocycles. The van der Waals surface area contributed by atoms with E-state index in [9.17, 15) is 0 Å². The lowest BCUT2D eigenvalue weighted by Crippen LogP contribution is -2.22. The van der Waals surface area contributed by atoms with Crippen molar-refractivity contribution in [3.8, 4) is 5.75 Å². The number of furan rings is 1. The molecule has 0 spiro atoms. The molecule has 1 heterocycles. The van der Waals surface area contributed by atoms with Crippen molar-refractivity contribution in [1.29, 1.82) is 0 Å². The van der Waals surface area contributed by atoms with Gasteiger partial charge in [0.15, 0.2) is 0 Å². The van der Waals surface area contributed by atoms with Crippen LogP contribution in [0.2, 0.25) is 5.02 Å². The molecule has 0 amide bonds. The van der Waals surface area contributed by atoms with Gasteiger partial charge in [-0.25, -0.2) is 0 Å². The van der Waals surface area contributed by atoms with Gasteiger partial charge >= 0.3 is 0 Å². The minimum atomic E-state index is 0.0426. The van der Waals surface area contributed by atoms with E-state index in [1.807, 2.05) is 24.3 Å². The van der Waals surface area contributed by atoms with Crippen LogP contribution in [-0.2, 0) is 0 Å². The van der Waals surface area contributed by atoms with Gasteiger partial charge in [0, 0.05) is 16.1 Å². The number of hydrogen-bond acceptors (Lipinski definition) is 3. The maximum atomic E-state index is 5.98. The quantitative estimate of drug-likeness (QED) is 0.896. The first kappa shape index (κ1) is 13.0. The molecule has 0 bridgehead atoms. The van der Waals surface area contributed by atoms with Gasteiger partial charge in [-0.05, 0) is 24.7 Å². The van der Waals surface area contributed by atoms with E-state index < -0.39 is 0 Å². The maximum absolute atomic E-state index is 5.98. The number of benzene rings is 1. The number of methoxy groups -OCH3 is 1. The molecule has 4 heteroatoms. The summed E-state index contributed by atoms with van der Waals surface area (Å²) in [6.07, 6.45) is 3.41. The molecule has 0 fully saturated rings. The van der Waals surface area contributed by atoms with Gasteiger partial charge in [-0.15, -0.1) is 0 Å². The average Bonchev–Trinajstić information content (AvgIpc) is 2.90. The van der Waals surface area contributed by atoms with Crippen LogP contribution in [0.15, 0.2) is 41.2 Å². The summed E-state index contributed by atoms with van der Waals surface area (Å²) in [5.41, 5.74) is 2.11. The van der Waals surface area contributed by atoms with Crippen LogP contribution in [0.3, 0.4) is 0 Å². The Labute approximate surface area is 112 Å². The Kier molecular flexibility index (Phi) is 4.28. The Balaban J connectivity index is 2.42. The topological polar surface area (TPSA) is 34.4 Å². The fourth-order valence-electron chi connectivity index (χ4n) is 1.97. The highest BCUT2D eigenvalue weighted by Crippen LogP contribution is 2.32. The number of nitrogens with one attached hydrogen (secondary N) is 1. The van der Waals surface area contributed by atoms with E-state index >= 15 is 0 Å². The Bertz CT molecular complexity index is 497. The van der Waals surface area contributed by atoms with E-state index in [1.54, 1.807) is 19.6 Å². The Morgan fingerprint density at radius 3 is 2.83 bits per heavy atom. The fraction of sp³-hybridized carbons (Fsp3) is 0.286. The third kappa shape index (κ3) is 2.68. The summed E-state index contributed by atoms with van der Waals surface area (Å²) in [5.74, 6) is 0.773. The molecule has 0 aliphatic rings. The SMILES string of the molecule is CCNC(c1ccoc1)c1ccc(Cl)cc1OC. The molecule has 2 aromatic rings. The fourth-order valence-corrected chi connectivity index (χ4v) is 2.14. The average molecular weight is 266 g/mol. The van der Waals surface area contributed by atoms with Crippen molar-refractivity contribution in [2.45, 2.75) is 13.0 Å². The van der Waals surface area contributed by atoms with Crippen LogP contribution in [0.1, 0.15) is 24.1 Å². The zero-order chi connectivity index (χ0) is 13.0. The molecule has 1 aromatic carbocycles. The highest BCUT2D eigenvalue weighted by Gasteiger charge is 2.18. The van der Waals surface area contributed by atoms with E-state index in [0.29, 0.717) is 5.02 Å². The van der Waals surface area contributed by atoms with Gasteiger partial charge in [0.1, 0.15) is 5.75 Å². The van der Waals surface area contributed by atoms with Gasteiger partial charge in [-0.2, -0.15) is 0 Å². The Morgan fingerprint density at radius 1 is 1.39 bits per heavy atom. The highest BCUT2D eigenvalue weighted by atomic mass is 35.5. The van der Waals surface area contributed by atoms with Gasteiger partial charge < -0.3 is 14.5 Å². The maximum Gasteiger partial charge on any atom is 0.125 e. The summed E-state index contributed by atoms with van der Waals surface area (Å²) in [6, 6.07) is 7.65. The molecular formula is C14H16ClNO2. The number of ether oxygens (including phenoxy) is 1. The smallest absolute Gasteiger partial charge is 0.125 e. The first-order chi connectivity index (χ1) is 8.76. The van der Waals surface area contributed by atoms with E-state index in [4.69, 9.17) is 20.8 Å². The van der Waals surface area contributed by atoms with Crippen molar-refractivity contribution in [3.63, 3.8) is 0 Å². The Hall–Kier alpha value is -1.45. The molecule has 0 radical (unpaired) electrons. The van der Waals surface area contributed by atoms with Crippen molar-refractivity contribution in [1.82, 2.24) is 5.32 Å². The summed E-state index contributed by atoms with van der Waals surface area (Å²) in [4.78, 5) is 0.